The first-order valence-corrected chi connectivity index (χ1v) is 4.35. The summed E-state index contributed by atoms with van der Waals surface area (Å²) in [5, 5.41) is 0. The summed E-state index contributed by atoms with van der Waals surface area (Å²) in [6, 6.07) is 4.90. The van der Waals surface area contributed by atoms with Gasteiger partial charge in [-0.15, -0.1) is 6.42 Å². The lowest BCUT2D eigenvalue weighted by molar-refractivity contribution is 0.606. The van der Waals surface area contributed by atoms with Crippen molar-refractivity contribution in [2.45, 2.75) is 12.8 Å². The third-order valence-corrected chi connectivity index (χ3v) is 2.17. The lowest BCUT2D eigenvalue weighted by Crippen LogP contribution is -1.93. The first-order valence-electron chi connectivity index (χ1n) is 3.56. The summed E-state index contributed by atoms with van der Waals surface area (Å²) >= 11 is 3.18. The topological polar surface area (TPSA) is 0 Å². The molecule has 12 heavy (non-hydrogen) atoms. The van der Waals surface area contributed by atoms with Crippen LogP contribution in [0.25, 0.3) is 0 Å². The molecule has 0 heterocycles. The van der Waals surface area contributed by atoms with Gasteiger partial charge in [0.1, 0.15) is 5.82 Å². The zero-order chi connectivity index (χ0) is 9.14. The lowest BCUT2D eigenvalue weighted by atomic mass is 10.0. The van der Waals surface area contributed by atoms with Gasteiger partial charge in [0.25, 0.3) is 0 Å². The standard InChI is InChI=1S/C10H8BrF/c1-3-7(2)9-5-4-8(11)6-10(9)12/h1,4-7H,2H3. The molecule has 1 unspecified atom stereocenters. The van der Waals surface area contributed by atoms with Crippen LogP contribution in [0.3, 0.4) is 0 Å². The molecule has 1 rings (SSSR count). The molecule has 1 aromatic rings. The first kappa shape index (κ1) is 9.28. The van der Waals surface area contributed by atoms with E-state index in [0.717, 1.165) is 4.47 Å². The Balaban J connectivity index is 3.11. The quantitative estimate of drug-likeness (QED) is 0.645. The summed E-state index contributed by atoms with van der Waals surface area (Å²) in [4.78, 5) is 0. The largest absolute Gasteiger partial charge is 0.207 e. The van der Waals surface area contributed by atoms with E-state index in [4.69, 9.17) is 6.42 Å². The van der Waals surface area contributed by atoms with E-state index in [-0.39, 0.29) is 11.7 Å². The molecule has 0 radical (unpaired) electrons. The van der Waals surface area contributed by atoms with Crippen molar-refractivity contribution >= 4 is 15.9 Å². The molecule has 0 aliphatic heterocycles. The molecule has 0 aromatic heterocycles. The van der Waals surface area contributed by atoms with Crippen molar-refractivity contribution in [2.24, 2.45) is 0 Å². The number of terminal acetylenes is 1. The van der Waals surface area contributed by atoms with E-state index < -0.39 is 0 Å². The number of hydrogen-bond donors (Lipinski definition) is 0. The Morgan fingerprint density at radius 1 is 1.58 bits per heavy atom. The average molecular weight is 227 g/mol. The van der Waals surface area contributed by atoms with Crippen LogP contribution < -0.4 is 0 Å². The highest BCUT2D eigenvalue weighted by Crippen LogP contribution is 2.21. The predicted octanol–water partition coefficient (Wildman–Crippen LogP) is 3.32. The zero-order valence-corrected chi connectivity index (χ0v) is 8.23. The maximum Gasteiger partial charge on any atom is 0.128 e. The molecule has 62 valence electrons. The molecule has 2 heteroatoms. The van der Waals surface area contributed by atoms with Gasteiger partial charge in [-0.1, -0.05) is 27.9 Å². The molecule has 0 nitrogen and oxygen atoms in total. The van der Waals surface area contributed by atoms with Gasteiger partial charge in [0.05, 0.1) is 0 Å². The molecule has 0 saturated heterocycles. The highest BCUT2D eigenvalue weighted by Gasteiger charge is 2.07. The van der Waals surface area contributed by atoms with Gasteiger partial charge >= 0.3 is 0 Å². The molecule has 0 bridgehead atoms. The van der Waals surface area contributed by atoms with E-state index in [1.54, 1.807) is 19.1 Å². The number of hydrogen-bond acceptors (Lipinski definition) is 0. The van der Waals surface area contributed by atoms with Crippen molar-refractivity contribution in [2.75, 3.05) is 0 Å². The Labute approximate surface area is 79.9 Å². The minimum atomic E-state index is -0.255. The molecule has 0 fully saturated rings. The van der Waals surface area contributed by atoms with Crippen molar-refractivity contribution in [3.63, 3.8) is 0 Å². The Kier molecular flexibility index (Phi) is 2.88. The van der Waals surface area contributed by atoms with Gasteiger partial charge < -0.3 is 0 Å². The van der Waals surface area contributed by atoms with Crippen LogP contribution in [0.1, 0.15) is 18.4 Å². The van der Waals surface area contributed by atoms with Crippen LogP contribution in [-0.4, -0.2) is 0 Å². The third-order valence-electron chi connectivity index (χ3n) is 1.68. The maximum absolute atomic E-state index is 13.2. The number of benzene rings is 1. The Hall–Kier alpha value is -0.810. The molecule has 1 aromatic carbocycles. The van der Waals surface area contributed by atoms with Crippen molar-refractivity contribution in [1.82, 2.24) is 0 Å². The van der Waals surface area contributed by atoms with Crippen LogP contribution in [-0.2, 0) is 0 Å². The smallest absolute Gasteiger partial charge is 0.128 e. The van der Waals surface area contributed by atoms with Gasteiger partial charge in [0.2, 0.25) is 0 Å². The van der Waals surface area contributed by atoms with Gasteiger partial charge in [-0.25, -0.2) is 4.39 Å². The van der Waals surface area contributed by atoms with Crippen molar-refractivity contribution in [3.8, 4) is 12.3 Å². The summed E-state index contributed by atoms with van der Waals surface area (Å²) < 4.78 is 13.9. The Morgan fingerprint density at radius 2 is 2.25 bits per heavy atom. The van der Waals surface area contributed by atoms with Gasteiger partial charge in [0, 0.05) is 16.0 Å². The number of rotatable bonds is 1. The van der Waals surface area contributed by atoms with Crippen LogP contribution in [0.15, 0.2) is 22.7 Å². The van der Waals surface area contributed by atoms with Crippen LogP contribution in [0.5, 0.6) is 0 Å². The van der Waals surface area contributed by atoms with E-state index in [1.807, 2.05) is 0 Å². The van der Waals surface area contributed by atoms with Gasteiger partial charge in [-0.3, -0.25) is 0 Å². The molecule has 0 N–H and O–H groups in total. The van der Waals surface area contributed by atoms with Crippen LogP contribution in [0, 0.1) is 18.2 Å². The molecule has 0 saturated carbocycles. The molecule has 0 spiro atoms. The monoisotopic (exact) mass is 226 g/mol. The normalized spacial score (nSPS) is 12.2. The lowest BCUT2D eigenvalue weighted by Gasteiger charge is -2.05. The fraction of sp³-hybridized carbons (Fsp3) is 0.200. The molecule has 0 amide bonds. The highest BCUT2D eigenvalue weighted by atomic mass is 79.9. The van der Waals surface area contributed by atoms with Crippen molar-refractivity contribution in [3.05, 3.63) is 34.1 Å². The second kappa shape index (κ2) is 3.73. The van der Waals surface area contributed by atoms with Gasteiger partial charge in [0.15, 0.2) is 0 Å². The van der Waals surface area contributed by atoms with E-state index >= 15 is 0 Å². The molecule has 1 atom stereocenters. The third kappa shape index (κ3) is 1.86. The summed E-state index contributed by atoms with van der Waals surface area (Å²) in [6.45, 7) is 1.80. The van der Waals surface area contributed by atoms with E-state index in [1.165, 1.54) is 6.07 Å². The fourth-order valence-corrected chi connectivity index (χ4v) is 1.28. The molecular formula is C10H8BrF. The summed E-state index contributed by atoms with van der Waals surface area (Å²) in [5.41, 5.74) is 0.570. The Morgan fingerprint density at radius 3 is 2.75 bits per heavy atom. The molecule has 0 aliphatic carbocycles. The second-order valence-corrected chi connectivity index (χ2v) is 3.47. The summed E-state index contributed by atoms with van der Waals surface area (Å²) in [5.74, 6) is 2.06. The van der Waals surface area contributed by atoms with Crippen molar-refractivity contribution < 1.29 is 4.39 Å². The van der Waals surface area contributed by atoms with Gasteiger partial charge in [-0.05, 0) is 19.1 Å². The first-order chi connectivity index (χ1) is 5.65. The predicted molar refractivity (Wildman–Crippen MR) is 51.3 cm³/mol. The minimum Gasteiger partial charge on any atom is -0.207 e. The minimum absolute atomic E-state index is 0.168. The second-order valence-electron chi connectivity index (χ2n) is 2.55. The van der Waals surface area contributed by atoms with Gasteiger partial charge in [-0.2, -0.15) is 0 Å². The average Bonchev–Trinajstić information content (AvgIpc) is 2.03. The van der Waals surface area contributed by atoms with Crippen LogP contribution in [0.2, 0.25) is 0 Å². The molecule has 0 aliphatic rings. The maximum atomic E-state index is 13.2. The van der Waals surface area contributed by atoms with Crippen molar-refractivity contribution in [1.29, 1.82) is 0 Å². The summed E-state index contributed by atoms with van der Waals surface area (Å²) in [6.07, 6.45) is 5.18. The SMILES string of the molecule is C#CC(C)c1ccc(Br)cc1F. The van der Waals surface area contributed by atoms with Crippen LogP contribution >= 0.6 is 15.9 Å². The highest BCUT2D eigenvalue weighted by molar-refractivity contribution is 9.10. The van der Waals surface area contributed by atoms with E-state index in [9.17, 15) is 4.39 Å². The number of halogens is 2. The Bertz CT molecular complexity index is 325. The van der Waals surface area contributed by atoms with Crippen LogP contribution in [0.4, 0.5) is 4.39 Å². The van der Waals surface area contributed by atoms with E-state index in [2.05, 4.69) is 21.9 Å². The summed E-state index contributed by atoms with van der Waals surface area (Å²) in [7, 11) is 0. The van der Waals surface area contributed by atoms with E-state index in [0.29, 0.717) is 5.56 Å². The fourth-order valence-electron chi connectivity index (χ4n) is 0.942. The molecular weight excluding hydrogens is 219 g/mol. The zero-order valence-electron chi connectivity index (χ0n) is 6.64.